The van der Waals surface area contributed by atoms with Crippen molar-refractivity contribution in [3.63, 3.8) is 0 Å². The summed E-state index contributed by atoms with van der Waals surface area (Å²) in [6, 6.07) is 24.4. The molecule has 3 atom stereocenters. The van der Waals surface area contributed by atoms with Gasteiger partial charge in [-0.05, 0) is 62.3 Å². The Morgan fingerprint density at radius 2 is 1.48 bits per heavy atom. The van der Waals surface area contributed by atoms with Gasteiger partial charge in [0.15, 0.2) is 0 Å². The molecule has 4 amide bonds. The van der Waals surface area contributed by atoms with Crippen LogP contribution in [0.4, 0.5) is 9.59 Å². The zero-order valence-electron chi connectivity index (χ0n) is 37.4. The van der Waals surface area contributed by atoms with Gasteiger partial charge >= 0.3 is 12.1 Å². The van der Waals surface area contributed by atoms with Gasteiger partial charge in [-0.1, -0.05) is 92.2 Å². The largest absolute Gasteiger partial charge is 0.444 e. The number of hydrogen-bond donors (Lipinski definition) is 4. The number of amides is 4. The minimum atomic E-state index is -4.02. The average molecular weight is 948 g/mol. The van der Waals surface area contributed by atoms with E-state index in [1.54, 1.807) is 47.1 Å². The number of hydrogen-bond acceptors (Lipinski definition) is 12. The smallest absolute Gasteiger partial charge is 0.407 e. The Balaban J connectivity index is 0.000000630. The number of alkyl carbamates (subject to hydrolysis) is 1. The van der Waals surface area contributed by atoms with Crippen molar-refractivity contribution in [3.8, 4) is 0 Å². The fourth-order valence-electron chi connectivity index (χ4n) is 6.96. The summed E-state index contributed by atoms with van der Waals surface area (Å²) >= 11 is 3.02. The van der Waals surface area contributed by atoms with Crippen LogP contribution in [0.2, 0.25) is 0 Å². The van der Waals surface area contributed by atoms with Gasteiger partial charge in [0.2, 0.25) is 5.91 Å². The molecule has 1 fully saturated rings. The lowest BCUT2D eigenvalue weighted by Gasteiger charge is -2.30. The second-order valence-electron chi connectivity index (χ2n) is 16.3. The van der Waals surface area contributed by atoms with Crippen LogP contribution >= 0.6 is 22.7 Å². The quantitative estimate of drug-likeness (QED) is 0.0575. The number of aryl methyl sites for hydroxylation is 1. The average Bonchev–Trinajstić information content (AvgIpc) is 4.00. The van der Waals surface area contributed by atoms with E-state index in [1.165, 1.54) is 23.5 Å². The lowest BCUT2D eigenvalue weighted by Crippen LogP contribution is -2.54. The zero-order chi connectivity index (χ0) is 46.6. The Morgan fingerprint density at radius 3 is 2.03 bits per heavy atom. The molecule has 2 aromatic heterocycles. The van der Waals surface area contributed by atoms with Crippen molar-refractivity contribution >= 4 is 50.8 Å². The molecule has 65 heavy (non-hydrogen) atoms. The molecule has 15 nitrogen and oxygen atoms in total. The molecule has 4 N–H and O–H groups in total. The van der Waals surface area contributed by atoms with Gasteiger partial charge in [-0.2, -0.15) is 8.42 Å². The number of thiazole rings is 2. The first-order valence-electron chi connectivity index (χ1n) is 21.7. The molecule has 0 bridgehead atoms. The number of carbonyl (C=O) groups is 3. The topological polar surface area (TPSA) is 192 Å². The Kier molecular flexibility index (Phi) is 20.3. The Labute approximate surface area is 390 Å². The summed E-state index contributed by atoms with van der Waals surface area (Å²) in [5.41, 5.74) is 5.65. The maximum atomic E-state index is 14.2. The SMILES string of the molecule is CC(C)c1nc(CN(C)C(=O)NC(CCN2CCOCC2)C(=O)NC(CCC(Cc2ccccc2)NC(=O)OCc2cncs2)Cc2ccccc2)cs1.Cc1ccc(S(=O)(=O)O)cc1. The van der Waals surface area contributed by atoms with Crippen molar-refractivity contribution < 1.29 is 36.8 Å². The number of urea groups is 1. The maximum absolute atomic E-state index is 14.2. The van der Waals surface area contributed by atoms with Crippen LogP contribution in [0.15, 0.2) is 107 Å². The van der Waals surface area contributed by atoms with Crippen LogP contribution in [0.25, 0.3) is 0 Å². The molecular weight excluding hydrogens is 887 g/mol. The second kappa shape index (κ2) is 26.0. The first kappa shape index (κ1) is 50.8. The van der Waals surface area contributed by atoms with Gasteiger partial charge in [0.1, 0.15) is 12.6 Å². The molecule has 3 unspecified atom stereocenters. The van der Waals surface area contributed by atoms with Crippen molar-refractivity contribution in [3.05, 3.63) is 134 Å². The summed E-state index contributed by atoms with van der Waals surface area (Å²) in [5, 5.41) is 12.4. The fourth-order valence-corrected chi connectivity index (χ4v) is 8.77. The van der Waals surface area contributed by atoms with Gasteiger partial charge in [-0.25, -0.2) is 14.6 Å². The number of morpholine rings is 1. The molecule has 3 aromatic carbocycles. The third-order valence-electron chi connectivity index (χ3n) is 10.6. The van der Waals surface area contributed by atoms with E-state index in [-0.39, 0.29) is 35.5 Å². The molecule has 6 rings (SSSR count). The Morgan fingerprint density at radius 1 is 0.862 bits per heavy atom. The summed E-state index contributed by atoms with van der Waals surface area (Å²) in [4.78, 5) is 54.1. The van der Waals surface area contributed by atoms with Crippen LogP contribution in [-0.4, -0.2) is 109 Å². The normalized spacial score (nSPS) is 14.3. The molecule has 0 radical (unpaired) electrons. The van der Waals surface area contributed by atoms with Gasteiger partial charge < -0.3 is 30.3 Å². The number of benzene rings is 3. The van der Waals surface area contributed by atoms with E-state index >= 15 is 0 Å². The standard InChI is InChI=1S/C40H53N7O5S2.C7H8O3S/c1-29(2)38-43-34(27-53-38)25-46(3)39(49)45-36(16-17-47-18-20-51-21-19-47)37(48)42-32(22-30-10-6-4-7-11-30)14-15-33(23-31-12-8-5-9-13-31)44-40(50)52-26-35-24-41-28-54-35;1-6-2-4-7(5-3-6)11(8,9)10/h4-13,24,27-29,32-33,36H,14-23,25-26H2,1-3H3,(H,42,48)(H,44,50)(H,45,49);2-5H,1H3,(H,8,9,10). The van der Waals surface area contributed by atoms with Crippen molar-refractivity contribution in [1.82, 2.24) is 35.7 Å². The highest BCUT2D eigenvalue weighted by Crippen LogP contribution is 2.20. The summed E-state index contributed by atoms with van der Waals surface area (Å²) in [6.45, 7) is 10.0. The minimum Gasteiger partial charge on any atom is -0.444 e. The number of ether oxygens (including phenoxy) is 2. The van der Waals surface area contributed by atoms with Gasteiger partial charge in [-0.3, -0.25) is 19.2 Å². The Bertz CT molecular complexity index is 2290. The summed E-state index contributed by atoms with van der Waals surface area (Å²) < 4.78 is 40.6. The van der Waals surface area contributed by atoms with E-state index in [2.05, 4.69) is 44.7 Å². The van der Waals surface area contributed by atoms with E-state index in [4.69, 9.17) is 14.0 Å². The number of rotatable bonds is 20. The van der Waals surface area contributed by atoms with Gasteiger partial charge in [-0.15, -0.1) is 22.7 Å². The number of nitrogens with zero attached hydrogens (tertiary/aromatic N) is 4. The monoisotopic (exact) mass is 947 g/mol. The lowest BCUT2D eigenvalue weighted by atomic mass is 9.95. The third kappa shape index (κ3) is 18.3. The second-order valence-corrected chi connectivity index (χ2v) is 19.6. The van der Waals surface area contributed by atoms with Crippen LogP contribution in [0, 0.1) is 6.92 Å². The van der Waals surface area contributed by atoms with Crippen molar-refractivity contribution in [2.24, 2.45) is 0 Å². The molecule has 0 spiro atoms. The van der Waals surface area contributed by atoms with E-state index < -0.39 is 22.3 Å². The highest BCUT2D eigenvalue weighted by Gasteiger charge is 2.27. The molecule has 18 heteroatoms. The van der Waals surface area contributed by atoms with Crippen LogP contribution in [-0.2, 0) is 50.4 Å². The lowest BCUT2D eigenvalue weighted by molar-refractivity contribution is -0.124. The number of nitrogens with one attached hydrogen (secondary N) is 3. The van der Waals surface area contributed by atoms with Crippen LogP contribution < -0.4 is 16.0 Å². The highest BCUT2D eigenvalue weighted by atomic mass is 32.2. The molecule has 1 saturated heterocycles. The summed E-state index contributed by atoms with van der Waals surface area (Å²) in [6.07, 6.45) is 4.00. The molecule has 3 heterocycles. The molecule has 5 aromatic rings. The van der Waals surface area contributed by atoms with Crippen LogP contribution in [0.1, 0.15) is 71.3 Å². The van der Waals surface area contributed by atoms with E-state index in [1.807, 2.05) is 73.0 Å². The van der Waals surface area contributed by atoms with Crippen LogP contribution in [0.5, 0.6) is 0 Å². The molecule has 0 saturated carbocycles. The summed E-state index contributed by atoms with van der Waals surface area (Å²) in [5.74, 6) is 0.0746. The predicted molar refractivity (Wildman–Crippen MR) is 254 cm³/mol. The van der Waals surface area contributed by atoms with E-state index in [0.717, 1.165) is 45.4 Å². The van der Waals surface area contributed by atoms with Crippen molar-refractivity contribution in [1.29, 1.82) is 0 Å². The van der Waals surface area contributed by atoms with Crippen molar-refractivity contribution in [2.45, 2.75) is 95.0 Å². The van der Waals surface area contributed by atoms with E-state index in [0.29, 0.717) is 64.3 Å². The predicted octanol–water partition coefficient (Wildman–Crippen LogP) is 7.24. The molecule has 0 aliphatic carbocycles. The van der Waals surface area contributed by atoms with Crippen molar-refractivity contribution in [2.75, 3.05) is 39.9 Å². The highest BCUT2D eigenvalue weighted by molar-refractivity contribution is 7.85. The number of aromatic nitrogens is 2. The first-order valence-corrected chi connectivity index (χ1v) is 24.9. The van der Waals surface area contributed by atoms with Crippen LogP contribution in [0.3, 0.4) is 0 Å². The van der Waals surface area contributed by atoms with Gasteiger partial charge in [0, 0.05) is 56.3 Å². The van der Waals surface area contributed by atoms with E-state index in [9.17, 15) is 22.8 Å². The number of carbonyl (C=O) groups excluding carboxylic acids is 3. The third-order valence-corrected chi connectivity index (χ3v) is 13.4. The fraction of sp³-hybridized carbons (Fsp3) is 0.426. The molecule has 1 aliphatic rings. The minimum absolute atomic E-state index is 0.0666. The first-order chi connectivity index (χ1) is 31.2. The molecular formula is C47H61N7O8S3. The van der Waals surface area contributed by atoms with Gasteiger partial charge in [0.25, 0.3) is 10.1 Å². The molecule has 1 aliphatic heterocycles. The molecule has 350 valence electrons. The summed E-state index contributed by atoms with van der Waals surface area (Å²) in [7, 11) is -2.30. The Hall–Kier alpha value is -5.24. The maximum Gasteiger partial charge on any atom is 0.407 e. The zero-order valence-corrected chi connectivity index (χ0v) is 39.9. The van der Waals surface area contributed by atoms with Gasteiger partial charge in [0.05, 0.1) is 45.7 Å².